The number of pyridine rings is 1. The molecule has 1 aliphatic heterocycles. The molecule has 0 saturated carbocycles. The summed E-state index contributed by atoms with van der Waals surface area (Å²) in [4.78, 5) is 30.5. The molecule has 1 amide bonds. The fraction of sp³-hybridized carbons (Fsp3) is 0.278. The number of hydrogen-bond acceptors (Lipinski definition) is 4. The van der Waals surface area contributed by atoms with E-state index in [2.05, 4.69) is 15.4 Å². The van der Waals surface area contributed by atoms with Crippen LogP contribution in [0.1, 0.15) is 34.1 Å². The summed E-state index contributed by atoms with van der Waals surface area (Å²) in [5.41, 5.74) is 1.78. The quantitative estimate of drug-likeness (QED) is 0.725. The lowest BCUT2D eigenvalue weighted by molar-refractivity contribution is 0.0936. The number of carbonyl (C=O) groups excluding carboxylic acids is 1. The number of benzene rings is 1. The van der Waals surface area contributed by atoms with Gasteiger partial charge in [-0.1, -0.05) is 0 Å². The lowest BCUT2D eigenvalue weighted by Gasteiger charge is -2.26. The number of rotatable bonds is 2. The van der Waals surface area contributed by atoms with Gasteiger partial charge in [-0.3, -0.25) is 19.4 Å². The van der Waals surface area contributed by atoms with Crippen molar-refractivity contribution >= 4 is 28.7 Å². The molecule has 1 aliphatic rings. The van der Waals surface area contributed by atoms with Crippen LogP contribution < -0.4 is 10.9 Å². The molecule has 1 atom stereocenters. The maximum absolute atomic E-state index is 13.7. The van der Waals surface area contributed by atoms with E-state index >= 15 is 0 Å². The molecule has 2 N–H and O–H groups in total. The number of aryl methyl sites for hydroxylation is 2. The van der Waals surface area contributed by atoms with Gasteiger partial charge in [0, 0.05) is 23.4 Å². The van der Waals surface area contributed by atoms with Crippen molar-refractivity contribution in [1.82, 2.24) is 20.1 Å². The summed E-state index contributed by atoms with van der Waals surface area (Å²) in [6, 6.07) is 5.95. The molecule has 0 bridgehead atoms. The van der Waals surface area contributed by atoms with Crippen LogP contribution in [-0.2, 0) is 7.05 Å². The minimum absolute atomic E-state index is 0.264. The Morgan fingerprint density at radius 1 is 1.42 bits per heavy atom. The number of nitrogens with zero attached hydrogens (tertiary/aromatic N) is 2. The molecule has 3 aromatic rings. The molecular weight excluding hydrogens is 355 g/mol. The van der Waals surface area contributed by atoms with Crippen molar-refractivity contribution < 1.29 is 9.18 Å². The van der Waals surface area contributed by atoms with E-state index in [1.807, 2.05) is 0 Å². The van der Waals surface area contributed by atoms with Gasteiger partial charge in [-0.25, -0.2) is 9.37 Å². The largest absolute Gasteiger partial charge is 0.345 e. The zero-order chi connectivity index (χ0) is 18.4. The van der Waals surface area contributed by atoms with E-state index in [-0.39, 0.29) is 34.3 Å². The molecule has 4 rings (SSSR count). The summed E-state index contributed by atoms with van der Waals surface area (Å²) in [5.74, 6) is 0.150. The summed E-state index contributed by atoms with van der Waals surface area (Å²) in [6.07, 6.45) is 0.700. The van der Waals surface area contributed by atoms with Crippen LogP contribution in [-0.4, -0.2) is 26.4 Å². The van der Waals surface area contributed by atoms with Crippen molar-refractivity contribution in [2.75, 3.05) is 5.75 Å². The SMILES string of the molecule is Cc1cc(C(=O)NC2CCSc3ccc(F)cc32)c2c(=O)[nH]n(C)c2n1. The first-order valence-corrected chi connectivity index (χ1v) is 9.22. The monoisotopic (exact) mass is 372 g/mol. The summed E-state index contributed by atoms with van der Waals surface area (Å²) in [5, 5.41) is 5.86. The third-order valence-electron chi connectivity index (χ3n) is 4.50. The van der Waals surface area contributed by atoms with Gasteiger partial charge in [-0.15, -0.1) is 11.8 Å². The molecule has 3 heterocycles. The van der Waals surface area contributed by atoms with Gasteiger partial charge >= 0.3 is 0 Å². The topological polar surface area (TPSA) is 79.8 Å². The number of H-pyrrole nitrogens is 1. The first-order valence-electron chi connectivity index (χ1n) is 8.23. The highest BCUT2D eigenvalue weighted by Crippen LogP contribution is 2.36. The van der Waals surface area contributed by atoms with E-state index in [0.29, 0.717) is 17.8 Å². The highest BCUT2D eigenvalue weighted by atomic mass is 32.2. The van der Waals surface area contributed by atoms with Crippen molar-refractivity contribution in [2.45, 2.75) is 24.3 Å². The summed E-state index contributed by atoms with van der Waals surface area (Å²) in [6.45, 7) is 1.77. The van der Waals surface area contributed by atoms with Crippen molar-refractivity contribution in [1.29, 1.82) is 0 Å². The number of amides is 1. The maximum Gasteiger partial charge on any atom is 0.274 e. The summed E-state index contributed by atoms with van der Waals surface area (Å²) < 4.78 is 15.2. The number of hydrogen-bond donors (Lipinski definition) is 2. The predicted octanol–water partition coefficient (Wildman–Crippen LogP) is 2.68. The summed E-state index contributed by atoms with van der Waals surface area (Å²) >= 11 is 1.65. The first kappa shape index (κ1) is 16.8. The molecule has 134 valence electrons. The van der Waals surface area contributed by atoms with E-state index in [0.717, 1.165) is 16.2 Å². The van der Waals surface area contributed by atoms with Crippen LogP contribution in [0.15, 0.2) is 34.0 Å². The second-order valence-electron chi connectivity index (χ2n) is 6.36. The normalized spacial score (nSPS) is 16.5. The van der Waals surface area contributed by atoms with E-state index in [4.69, 9.17) is 0 Å². The van der Waals surface area contributed by atoms with Gasteiger partial charge in [-0.2, -0.15) is 0 Å². The number of thioether (sulfide) groups is 1. The van der Waals surface area contributed by atoms with E-state index < -0.39 is 0 Å². The van der Waals surface area contributed by atoms with Gasteiger partial charge in [0.2, 0.25) is 0 Å². The average molecular weight is 372 g/mol. The molecule has 26 heavy (non-hydrogen) atoms. The lowest BCUT2D eigenvalue weighted by atomic mass is 10.0. The Morgan fingerprint density at radius 2 is 2.23 bits per heavy atom. The van der Waals surface area contributed by atoms with E-state index in [9.17, 15) is 14.0 Å². The highest BCUT2D eigenvalue weighted by Gasteiger charge is 2.25. The second-order valence-corrected chi connectivity index (χ2v) is 7.49. The summed E-state index contributed by atoms with van der Waals surface area (Å²) in [7, 11) is 1.68. The minimum atomic E-state index is -0.357. The minimum Gasteiger partial charge on any atom is -0.345 e. The molecule has 2 aromatic heterocycles. The van der Waals surface area contributed by atoms with Crippen molar-refractivity contribution in [2.24, 2.45) is 7.05 Å². The molecule has 0 aliphatic carbocycles. The number of nitrogens with one attached hydrogen (secondary N) is 2. The second kappa shape index (κ2) is 6.28. The lowest BCUT2D eigenvalue weighted by Crippen LogP contribution is -2.31. The number of aromatic nitrogens is 3. The smallest absolute Gasteiger partial charge is 0.274 e. The third-order valence-corrected chi connectivity index (χ3v) is 5.63. The van der Waals surface area contributed by atoms with Crippen molar-refractivity contribution in [3.63, 3.8) is 0 Å². The van der Waals surface area contributed by atoms with Crippen LogP contribution in [0.5, 0.6) is 0 Å². The molecule has 0 radical (unpaired) electrons. The Balaban J connectivity index is 1.74. The molecule has 0 saturated heterocycles. The maximum atomic E-state index is 13.7. The van der Waals surface area contributed by atoms with Gasteiger partial charge in [0.1, 0.15) is 5.82 Å². The van der Waals surface area contributed by atoms with Gasteiger partial charge in [0.05, 0.1) is 17.0 Å². The zero-order valence-electron chi connectivity index (χ0n) is 14.3. The number of carbonyl (C=O) groups is 1. The zero-order valence-corrected chi connectivity index (χ0v) is 15.1. The Morgan fingerprint density at radius 3 is 3.04 bits per heavy atom. The fourth-order valence-electron chi connectivity index (χ4n) is 3.31. The number of halogens is 1. The van der Waals surface area contributed by atoms with Gasteiger partial charge in [-0.05, 0) is 43.2 Å². The van der Waals surface area contributed by atoms with Crippen LogP contribution >= 0.6 is 11.8 Å². The Bertz CT molecular complexity index is 1090. The van der Waals surface area contributed by atoms with Crippen LogP contribution in [0, 0.1) is 12.7 Å². The third kappa shape index (κ3) is 2.80. The van der Waals surface area contributed by atoms with E-state index in [1.165, 1.54) is 16.8 Å². The molecule has 0 fully saturated rings. The van der Waals surface area contributed by atoms with Crippen molar-refractivity contribution in [3.8, 4) is 0 Å². The van der Waals surface area contributed by atoms with Crippen molar-refractivity contribution in [3.05, 3.63) is 57.3 Å². The van der Waals surface area contributed by atoms with Crippen LogP contribution in [0.25, 0.3) is 11.0 Å². The highest BCUT2D eigenvalue weighted by molar-refractivity contribution is 7.99. The standard InChI is InChI=1S/C18H17FN4O2S/c1-9-7-12(15-16(20-9)23(2)22-18(15)25)17(24)21-13-5-6-26-14-4-3-10(19)8-11(13)14/h3-4,7-8,13H,5-6H2,1-2H3,(H,21,24)(H,22,25). The van der Waals surface area contributed by atoms with Gasteiger partial charge in [0.15, 0.2) is 5.65 Å². The van der Waals surface area contributed by atoms with E-state index in [1.54, 1.807) is 37.9 Å². The van der Waals surface area contributed by atoms with Crippen LogP contribution in [0.2, 0.25) is 0 Å². The Hall–Kier alpha value is -2.61. The first-order chi connectivity index (χ1) is 12.4. The van der Waals surface area contributed by atoms with Crippen LogP contribution in [0.3, 0.4) is 0 Å². The number of fused-ring (bicyclic) bond motifs is 2. The fourth-order valence-corrected chi connectivity index (χ4v) is 4.42. The predicted molar refractivity (Wildman–Crippen MR) is 98.0 cm³/mol. The van der Waals surface area contributed by atoms with Crippen LogP contribution in [0.4, 0.5) is 4.39 Å². The number of aromatic amines is 1. The molecule has 0 spiro atoms. The molecule has 8 heteroatoms. The average Bonchev–Trinajstić information content (AvgIpc) is 2.88. The molecule has 6 nitrogen and oxygen atoms in total. The Labute approximate surface area is 152 Å². The van der Waals surface area contributed by atoms with Gasteiger partial charge < -0.3 is 5.32 Å². The Kier molecular flexibility index (Phi) is 4.07. The van der Waals surface area contributed by atoms with Gasteiger partial charge in [0.25, 0.3) is 11.5 Å². The molecule has 1 unspecified atom stereocenters. The molecular formula is C18H17FN4O2S. The molecule has 1 aromatic carbocycles.